The Kier molecular flexibility index (Phi) is 4.68. The summed E-state index contributed by atoms with van der Waals surface area (Å²) < 4.78 is 0. The van der Waals surface area contributed by atoms with Crippen molar-refractivity contribution < 1.29 is 9.59 Å². The molecule has 6 heteroatoms. The van der Waals surface area contributed by atoms with Gasteiger partial charge < -0.3 is 9.80 Å². The average molecular weight is 385 g/mol. The summed E-state index contributed by atoms with van der Waals surface area (Å²) in [6, 6.07) is 0.488. The van der Waals surface area contributed by atoms with Crippen molar-refractivity contribution in [3.63, 3.8) is 0 Å². The van der Waals surface area contributed by atoms with Crippen LogP contribution in [0.5, 0.6) is 0 Å². The van der Waals surface area contributed by atoms with Crippen molar-refractivity contribution in [1.29, 1.82) is 0 Å². The van der Waals surface area contributed by atoms with Gasteiger partial charge in [0.1, 0.15) is 0 Å². The number of aryl methyl sites for hydroxylation is 2. The van der Waals surface area contributed by atoms with Crippen LogP contribution in [0.4, 0.5) is 0 Å². The Balaban J connectivity index is 1.21. The number of rotatable bonds is 4. The smallest absolute Gasteiger partial charge is 0.222 e. The van der Waals surface area contributed by atoms with Gasteiger partial charge >= 0.3 is 0 Å². The molecule has 2 amide bonds. The maximum atomic E-state index is 13.0. The van der Waals surface area contributed by atoms with Gasteiger partial charge in [-0.25, -0.2) is 0 Å². The molecule has 3 fully saturated rings. The van der Waals surface area contributed by atoms with Crippen LogP contribution in [-0.4, -0.2) is 57.5 Å². The van der Waals surface area contributed by atoms with Crippen molar-refractivity contribution in [3.8, 4) is 0 Å². The molecule has 0 aromatic carbocycles. The minimum Gasteiger partial charge on any atom is -0.342 e. The summed E-state index contributed by atoms with van der Waals surface area (Å²) in [5, 5.41) is 7.69. The van der Waals surface area contributed by atoms with E-state index in [1.54, 1.807) is 0 Å². The molecule has 2 saturated heterocycles. The van der Waals surface area contributed by atoms with Crippen molar-refractivity contribution in [1.82, 2.24) is 20.0 Å². The molecule has 3 heterocycles. The minimum atomic E-state index is 0.135. The SMILES string of the molecule is O=C(CCc1n[nH]c2c1CCCC2)N1CCC[C@]2(CCC(=O)N(C3CC3)C2)C1. The van der Waals surface area contributed by atoms with Crippen LogP contribution in [0.2, 0.25) is 0 Å². The molecule has 0 radical (unpaired) electrons. The highest BCUT2D eigenvalue weighted by Crippen LogP contribution is 2.42. The molecule has 2 aliphatic heterocycles. The van der Waals surface area contributed by atoms with E-state index in [1.807, 2.05) is 0 Å². The quantitative estimate of drug-likeness (QED) is 0.868. The first-order valence-electron chi connectivity index (χ1n) is 11.3. The Morgan fingerprint density at radius 1 is 1.11 bits per heavy atom. The van der Waals surface area contributed by atoms with E-state index in [4.69, 9.17) is 0 Å². The van der Waals surface area contributed by atoms with Crippen LogP contribution in [0.15, 0.2) is 0 Å². The van der Waals surface area contributed by atoms with Crippen LogP contribution in [0.1, 0.15) is 74.7 Å². The van der Waals surface area contributed by atoms with Crippen molar-refractivity contribution >= 4 is 11.8 Å². The fraction of sp³-hybridized carbons (Fsp3) is 0.773. The van der Waals surface area contributed by atoms with Gasteiger partial charge in [-0.3, -0.25) is 14.7 Å². The molecule has 1 aromatic heterocycles. The number of carbonyl (C=O) groups is 2. The second kappa shape index (κ2) is 7.20. The third kappa shape index (κ3) is 3.46. The fourth-order valence-corrected chi connectivity index (χ4v) is 5.66. The van der Waals surface area contributed by atoms with Gasteiger partial charge in [-0.2, -0.15) is 5.10 Å². The molecule has 28 heavy (non-hydrogen) atoms. The highest BCUT2D eigenvalue weighted by Gasteiger charge is 2.46. The fourth-order valence-electron chi connectivity index (χ4n) is 5.66. The molecule has 1 atom stereocenters. The normalized spacial score (nSPS) is 27.9. The average Bonchev–Trinajstić information content (AvgIpc) is 3.48. The van der Waals surface area contributed by atoms with Gasteiger partial charge in [0.2, 0.25) is 11.8 Å². The van der Waals surface area contributed by atoms with Crippen molar-refractivity contribution in [3.05, 3.63) is 17.0 Å². The van der Waals surface area contributed by atoms with Crippen LogP contribution >= 0.6 is 0 Å². The second-order valence-corrected chi connectivity index (χ2v) is 9.51. The molecule has 1 N–H and O–H groups in total. The van der Waals surface area contributed by atoms with E-state index in [9.17, 15) is 9.59 Å². The number of aromatic nitrogens is 2. The van der Waals surface area contributed by atoms with E-state index in [-0.39, 0.29) is 11.3 Å². The van der Waals surface area contributed by atoms with Crippen LogP contribution in [0, 0.1) is 5.41 Å². The summed E-state index contributed by atoms with van der Waals surface area (Å²) in [4.78, 5) is 29.5. The first-order chi connectivity index (χ1) is 13.6. The molecule has 5 rings (SSSR count). The van der Waals surface area contributed by atoms with Gasteiger partial charge in [-0.1, -0.05) is 0 Å². The van der Waals surface area contributed by atoms with E-state index >= 15 is 0 Å². The number of nitrogens with zero attached hydrogens (tertiary/aromatic N) is 3. The molecule has 2 aliphatic carbocycles. The molecule has 1 saturated carbocycles. The number of piperidine rings is 2. The highest BCUT2D eigenvalue weighted by molar-refractivity contribution is 5.78. The molecule has 6 nitrogen and oxygen atoms in total. The Hall–Kier alpha value is -1.85. The summed E-state index contributed by atoms with van der Waals surface area (Å²) in [6.45, 7) is 2.57. The third-order valence-corrected chi connectivity index (χ3v) is 7.41. The largest absolute Gasteiger partial charge is 0.342 e. The number of fused-ring (bicyclic) bond motifs is 1. The predicted octanol–water partition coefficient (Wildman–Crippen LogP) is 2.61. The van der Waals surface area contributed by atoms with Gasteiger partial charge in [0.05, 0.1) is 5.69 Å². The van der Waals surface area contributed by atoms with Gasteiger partial charge in [0.15, 0.2) is 0 Å². The number of nitrogens with one attached hydrogen (secondary N) is 1. The zero-order valence-electron chi connectivity index (χ0n) is 16.8. The van der Waals surface area contributed by atoms with Crippen molar-refractivity contribution in [2.75, 3.05) is 19.6 Å². The molecular weight excluding hydrogens is 352 g/mol. The minimum absolute atomic E-state index is 0.135. The Bertz CT molecular complexity index is 769. The van der Waals surface area contributed by atoms with Crippen molar-refractivity contribution in [2.24, 2.45) is 5.41 Å². The second-order valence-electron chi connectivity index (χ2n) is 9.51. The Labute approximate surface area is 167 Å². The van der Waals surface area contributed by atoms with Gasteiger partial charge in [-0.05, 0) is 63.4 Å². The number of carbonyl (C=O) groups excluding carboxylic acids is 2. The Morgan fingerprint density at radius 3 is 2.82 bits per heavy atom. The number of amides is 2. The summed E-state index contributed by atoms with van der Waals surface area (Å²) in [7, 11) is 0. The van der Waals surface area contributed by atoms with Crippen LogP contribution in [0.25, 0.3) is 0 Å². The van der Waals surface area contributed by atoms with Crippen LogP contribution < -0.4 is 0 Å². The maximum absolute atomic E-state index is 13.0. The first kappa shape index (κ1) is 18.2. The number of hydrogen-bond acceptors (Lipinski definition) is 3. The van der Waals surface area contributed by atoms with E-state index in [2.05, 4.69) is 20.0 Å². The van der Waals surface area contributed by atoms with Crippen LogP contribution in [0.3, 0.4) is 0 Å². The summed E-state index contributed by atoms with van der Waals surface area (Å²) >= 11 is 0. The first-order valence-corrected chi connectivity index (χ1v) is 11.3. The zero-order valence-corrected chi connectivity index (χ0v) is 16.8. The standard InChI is InChI=1S/C22H32N4O2/c27-20(9-8-19-17-4-1-2-5-18(17)23-24-19)25-13-3-11-22(14-25)12-10-21(28)26(15-22)16-6-7-16/h16H,1-15H2,(H,23,24)/t22-/m0/s1. The molecule has 4 aliphatic rings. The lowest BCUT2D eigenvalue weighted by atomic mass is 9.73. The monoisotopic (exact) mass is 384 g/mol. The zero-order chi connectivity index (χ0) is 19.1. The number of likely N-dealkylation sites (tertiary alicyclic amines) is 2. The highest BCUT2D eigenvalue weighted by atomic mass is 16.2. The van der Waals surface area contributed by atoms with E-state index in [1.165, 1.54) is 36.9 Å². The predicted molar refractivity (Wildman–Crippen MR) is 106 cm³/mol. The molecule has 0 unspecified atom stereocenters. The van der Waals surface area contributed by atoms with Crippen LogP contribution in [-0.2, 0) is 28.9 Å². The van der Waals surface area contributed by atoms with Gasteiger partial charge in [0.25, 0.3) is 0 Å². The topological polar surface area (TPSA) is 69.3 Å². The molecule has 1 aromatic rings. The van der Waals surface area contributed by atoms with E-state index < -0.39 is 0 Å². The molecule has 152 valence electrons. The lowest BCUT2D eigenvalue weighted by Gasteiger charge is -2.48. The number of H-pyrrole nitrogens is 1. The van der Waals surface area contributed by atoms with Gasteiger partial charge in [0, 0.05) is 56.0 Å². The lowest BCUT2D eigenvalue weighted by Crippen LogP contribution is -2.55. The maximum Gasteiger partial charge on any atom is 0.222 e. The van der Waals surface area contributed by atoms with E-state index in [0.29, 0.717) is 24.8 Å². The van der Waals surface area contributed by atoms with E-state index in [0.717, 1.165) is 63.9 Å². The third-order valence-electron chi connectivity index (χ3n) is 7.41. The summed E-state index contributed by atoms with van der Waals surface area (Å²) in [5.41, 5.74) is 3.91. The summed E-state index contributed by atoms with van der Waals surface area (Å²) in [6.07, 6.45) is 12.1. The molecular formula is C22H32N4O2. The number of aromatic amines is 1. The van der Waals surface area contributed by atoms with Crippen molar-refractivity contribution in [2.45, 2.75) is 83.1 Å². The molecule has 1 spiro atoms. The summed E-state index contributed by atoms with van der Waals surface area (Å²) in [5.74, 6) is 0.599. The molecule has 0 bridgehead atoms. The number of hydrogen-bond donors (Lipinski definition) is 1. The lowest BCUT2D eigenvalue weighted by molar-refractivity contribution is -0.143. The Morgan fingerprint density at radius 2 is 1.96 bits per heavy atom. The van der Waals surface area contributed by atoms with Gasteiger partial charge in [-0.15, -0.1) is 0 Å².